The summed E-state index contributed by atoms with van der Waals surface area (Å²) < 4.78 is 0. The number of aliphatic carboxylic acids is 1. The van der Waals surface area contributed by atoms with Gasteiger partial charge in [-0.05, 0) is 38.5 Å². The van der Waals surface area contributed by atoms with Gasteiger partial charge in [0.15, 0.2) is 0 Å². The highest BCUT2D eigenvalue weighted by Crippen LogP contribution is 2.26. The molecule has 0 aliphatic carbocycles. The van der Waals surface area contributed by atoms with E-state index in [4.69, 9.17) is 22.9 Å². The summed E-state index contributed by atoms with van der Waals surface area (Å²) in [4.78, 5) is 136. The number of aliphatic hydroxyl groups excluding tert-OH is 1. The van der Waals surface area contributed by atoms with Crippen LogP contribution in [0.2, 0.25) is 0 Å². The van der Waals surface area contributed by atoms with Crippen molar-refractivity contribution in [3.05, 3.63) is 18.2 Å². The molecule has 0 radical (unpaired) electrons. The van der Waals surface area contributed by atoms with Crippen LogP contribution < -0.4 is 44.2 Å². The largest absolute Gasteiger partial charge is 0.480 e. The molecule has 2 fully saturated rings. The van der Waals surface area contributed by atoms with Gasteiger partial charge in [0, 0.05) is 44.2 Å². The molecule has 3 heterocycles. The van der Waals surface area contributed by atoms with Crippen molar-refractivity contribution in [1.82, 2.24) is 41.0 Å². The number of imidazole rings is 1. The average Bonchev–Trinajstić information content (AvgIpc) is 3.96. The second-order valence-corrected chi connectivity index (χ2v) is 13.7. The molecule has 2 aliphatic heterocycles. The van der Waals surface area contributed by atoms with Crippen LogP contribution in [0.1, 0.15) is 63.5 Å². The summed E-state index contributed by atoms with van der Waals surface area (Å²) in [6, 6.07) is -9.86. The fraction of sp³-hybridized carbons (Fsp3) is 0.606. The summed E-state index contributed by atoms with van der Waals surface area (Å²) in [5.74, 6) is -9.27. The molecule has 0 spiro atoms. The van der Waals surface area contributed by atoms with Gasteiger partial charge in [0.05, 0.1) is 25.4 Å². The number of nitrogens with zero attached hydrogens (tertiary/aromatic N) is 3. The van der Waals surface area contributed by atoms with Gasteiger partial charge in [0.25, 0.3) is 0 Å². The Morgan fingerprint density at radius 1 is 0.737 bits per heavy atom. The molecule has 1 aromatic rings. The lowest BCUT2D eigenvalue weighted by Gasteiger charge is -2.32. The van der Waals surface area contributed by atoms with Gasteiger partial charge < -0.3 is 69.2 Å². The molecule has 24 heteroatoms. The molecular formula is C33H50N12O12. The lowest BCUT2D eigenvalue weighted by molar-refractivity contribution is -0.152. The van der Waals surface area contributed by atoms with E-state index in [1.54, 1.807) is 0 Å². The number of carboxylic acids is 1. The number of hydrogen-bond acceptors (Lipinski definition) is 13. The van der Waals surface area contributed by atoms with E-state index in [1.165, 1.54) is 17.4 Å². The van der Waals surface area contributed by atoms with Crippen molar-refractivity contribution in [1.29, 1.82) is 0 Å². The zero-order chi connectivity index (χ0) is 42.4. The fourth-order valence-corrected chi connectivity index (χ4v) is 6.47. The standard InChI is InChI=1S/C33H50N12O12/c34-17(5-7-24(35)47)27(50)40-18(6-8-25(36)48)28(51)43-21(14-46)30(53)41-19(11-16-13-38-15-39-16)29(52)42-20(12-26(37)49)31(54)44-9-1-3-22(44)32(55)45-10-2-4-23(45)33(56)57/h13,15,17-23,46H,1-12,14,34H2,(H2,35,47)(H2,36,48)(H2,37,49)(H,38,39)(H,40,50)(H,41,53)(H,42,52)(H,43,51)(H,56,57)/t17-,18-,19-,20-,21-,22-,23-/m0/s1. The minimum atomic E-state index is -1.76. The molecule has 2 aliphatic rings. The van der Waals surface area contributed by atoms with E-state index in [9.17, 15) is 58.2 Å². The maximum atomic E-state index is 13.9. The molecule has 1 aromatic heterocycles. The lowest BCUT2D eigenvalue weighted by atomic mass is 10.1. The number of rotatable bonds is 22. The van der Waals surface area contributed by atoms with E-state index in [-0.39, 0.29) is 51.6 Å². The number of aromatic nitrogens is 2. The van der Waals surface area contributed by atoms with E-state index in [2.05, 4.69) is 31.2 Å². The van der Waals surface area contributed by atoms with Gasteiger partial charge in [-0.1, -0.05) is 0 Å². The van der Waals surface area contributed by atoms with Gasteiger partial charge in [0.1, 0.15) is 36.3 Å². The summed E-state index contributed by atoms with van der Waals surface area (Å²) in [6.45, 7) is -0.800. The molecule has 0 aromatic carbocycles. The Labute approximate surface area is 325 Å². The van der Waals surface area contributed by atoms with Crippen molar-refractivity contribution in [2.24, 2.45) is 22.9 Å². The van der Waals surface area contributed by atoms with Gasteiger partial charge >= 0.3 is 5.97 Å². The summed E-state index contributed by atoms with van der Waals surface area (Å²) in [6.07, 6.45) is 1.72. The fourth-order valence-electron chi connectivity index (χ4n) is 6.47. The maximum absolute atomic E-state index is 13.9. The highest BCUT2D eigenvalue weighted by molar-refractivity contribution is 5.98. The SMILES string of the molecule is NC(=O)CC[C@H](NC(=O)[C@@H](N)CCC(N)=O)C(=O)N[C@@H](CO)C(=O)N[C@@H](Cc1cnc[nH]1)C(=O)N[C@@H](CC(N)=O)C(=O)N1CCC[C@H]1C(=O)N1CCC[C@H]1C(=O)O. The van der Waals surface area contributed by atoms with Crippen molar-refractivity contribution in [2.45, 2.75) is 107 Å². The number of primary amides is 3. The van der Waals surface area contributed by atoms with Crippen LogP contribution in [-0.2, 0) is 54.4 Å². The summed E-state index contributed by atoms with van der Waals surface area (Å²) in [7, 11) is 0. The van der Waals surface area contributed by atoms with Gasteiger partial charge in [-0.2, -0.15) is 0 Å². The molecule has 2 saturated heterocycles. The number of likely N-dealkylation sites (tertiary alicyclic amines) is 2. The highest BCUT2D eigenvalue weighted by atomic mass is 16.4. The van der Waals surface area contributed by atoms with Crippen molar-refractivity contribution >= 4 is 59.1 Å². The monoisotopic (exact) mass is 806 g/mol. The normalized spacial score (nSPS) is 19.0. The first-order valence-corrected chi connectivity index (χ1v) is 18.2. The first kappa shape index (κ1) is 45.2. The first-order chi connectivity index (χ1) is 26.9. The number of carbonyl (C=O) groups is 10. The Kier molecular flexibility index (Phi) is 16.8. The quantitative estimate of drug-likeness (QED) is 0.0519. The number of carbonyl (C=O) groups excluding carboxylic acids is 9. The molecule has 0 bridgehead atoms. The van der Waals surface area contributed by atoms with Crippen molar-refractivity contribution in [3.8, 4) is 0 Å². The van der Waals surface area contributed by atoms with Crippen LogP contribution in [0, 0.1) is 0 Å². The number of H-pyrrole nitrogens is 1. The van der Waals surface area contributed by atoms with Crippen LogP contribution in [0.25, 0.3) is 0 Å². The molecule has 15 N–H and O–H groups in total. The Bertz CT molecular complexity index is 1670. The van der Waals surface area contributed by atoms with E-state index in [1.807, 2.05) is 0 Å². The maximum Gasteiger partial charge on any atom is 0.326 e. The highest BCUT2D eigenvalue weighted by Gasteiger charge is 2.44. The minimum Gasteiger partial charge on any atom is -0.480 e. The zero-order valence-corrected chi connectivity index (χ0v) is 31.0. The topological polar surface area (TPSA) is 399 Å². The molecule has 9 amide bonds. The number of aliphatic hydroxyl groups is 1. The van der Waals surface area contributed by atoms with Gasteiger partial charge in [-0.3, -0.25) is 43.2 Å². The third-order valence-electron chi connectivity index (χ3n) is 9.44. The van der Waals surface area contributed by atoms with E-state index in [0.717, 1.165) is 4.90 Å². The number of nitrogens with two attached hydrogens (primary N) is 4. The first-order valence-electron chi connectivity index (χ1n) is 18.2. The smallest absolute Gasteiger partial charge is 0.326 e. The molecule has 314 valence electrons. The van der Waals surface area contributed by atoms with Crippen LogP contribution in [-0.4, -0.2) is 151 Å². The summed E-state index contributed by atoms with van der Waals surface area (Å²) in [5, 5.41) is 29.0. The number of carboxylic acid groups (broad SMARTS) is 1. The summed E-state index contributed by atoms with van der Waals surface area (Å²) in [5.41, 5.74) is 21.8. The van der Waals surface area contributed by atoms with E-state index < -0.39 is 121 Å². The zero-order valence-electron chi connectivity index (χ0n) is 31.0. The predicted molar refractivity (Wildman–Crippen MR) is 193 cm³/mol. The molecule has 24 nitrogen and oxygen atoms in total. The molecule has 7 atom stereocenters. The lowest BCUT2D eigenvalue weighted by Crippen LogP contribution is -2.61. The van der Waals surface area contributed by atoms with Crippen LogP contribution in [0.15, 0.2) is 12.5 Å². The van der Waals surface area contributed by atoms with Gasteiger partial charge in [-0.25, -0.2) is 9.78 Å². The van der Waals surface area contributed by atoms with E-state index >= 15 is 0 Å². The average molecular weight is 807 g/mol. The van der Waals surface area contributed by atoms with Crippen molar-refractivity contribution in [2.75, 3.05) is 19.7 Å². The molecule has 0 unspecified atom stereocenters. The molecular weight excluding hydrogens is 756 g/mol. The van der Waals surface area contributed by atoms with E-state index in [0.29, 0.717) is 18.5 Å². The summed E-state index contributed by atoms with van der Waals surface area (Å²) >= 11 is 0. The Hall–Kier alpha value is -6.17. The number of aromatic amines is 1. The molecule has 3 rings (SSSR count). The minimum absolute atomic E-state index is 0.0539. The van der Waals surface area contributed by atoms with Crippen molar-refractivity contribution in [3.63, 3.8) is 0 Å². The second-order valence-electron chi connectivity index (χ2n) is 13.7. The predicted octanol–water partition coefficient (Wildman–Crippen LogP) is -6.32. The third kappa shape index (κ3) is 13.2. The van der Waals surface area contributed by atoms with Gasteiger partial charge in [0.2, 0.25) is 53.2 Å². The van der Waals surface area contributed by atoms with Crippen LogP contribution in [0.4, 0.5) is 0 Å². The molecule has 0 saturated carbocycles. The van der Waals surface area contributed by atoms with Crippen LogP contribution >= 0.6 is 0 Å². The Balaban J connectivity index is 1.79. The molecule has 57 heavy (non-hydrogen) atoms. The van der Waals surface area contributed by atoms with Crippen LogP contribution in [0.5, 0.6) is 0 Å². The van der Waals surface area contributed by atoms with Gasteiger partial charge in [-0.15, -0.1) is 0 Å². The number of amides is 9. The second kappa shape index (κ2) is 21.2. The van der Waals surface area contributed by atoms with Crippen LogP contribution in [0.3, 0.4) is 0 Å². The number of nitrogens with one attached hydrogen (secondary N) is 5. The number of hydrogen-bond donors (Lipinski definition) is 11. The van der Waals surface area contributed by atoms with Crippen molar-refractivity contribution < 1.29 is 58.2 Å². The Morgan fingerprint density at radius 2 is 1.28 bits per heavy atom. The Morgan fingerprint density at radius 3 is 1.86 bits per heavy atom. The third-order valence-corrected chi connectivity index (χ3v) is 9.44.